The van der Waals surface area contributed by atoms with Crippen LogP contribution in [0.5, 0.6) is 0 Å². The summed E-state index contributed by atoms with van der Waals surface area (Å²) >= 11 is 1.10. The topological polar surface area (TPSA) is 88.3 Å². The van der Waals surface area contributed by atoms with Gasteiger partial charge in [0.1, 0.15) is 0 Å². The Labute approximate surface area is 113 Å². The minimum atomic E-state index is -0.614. The smallest absolute Gasteiger partial charge is 0.324 e. The fourth-order valence-corrected chi connectivity index (χ4v) is 2.34. The molecule has 2 aromatic rings. The molecule has 0 saturated carbocycles. The number of nitrogens with one attached hydrogen (secondary N) is 1. The zero-order chi connectivity index (χ0) is 13.7. The lowest BCUT2D eigenvalue weighted by Gasteiger charge is -2.11. The van der Waals surface area contributed by atoms with Crippen molar-refractivity contribution in [1.82, 2.24) is 10.3 Å². The van der Waals surface area contributed by atoms with Gasteiger partial charge in [0.15, 0.2) is 0 Å². The second-order valence-corrected chi connectivity index (χ2v) is 4.87. The van der Waals surface area contributed by atoms with E-state index in [9.17, 15) is 15.2 Å². The van der Waals surface area contributed by atoms with Crippen LogP contribution in [-0.2, 0) is 6.54 Å². The lowest BCUT2D eigenvalue weighted by atomic mass is 10.1. The van der Waals surface area contributed by atoms with Gasteiger partial charge in [-0.2, -0.15) is 0 Å². The number of aliphatic hydroxyl groups excluding tert-OH is 1. The third-order valence-corrected chi connectivity index (χ3v) is 3.51. The Kier molecular flexibility index (Phi) is 4.56. The van der Waals surface area contributed by atoms with Gasteiger partial charge in [-0.05, 0) is 23.3 Å². The van der Waals surface area contributed by atoms with Crippen LogP contribution in [0, 0.1) is 10.1 Å². The lowest BCUT2D eigenvalue weighted by Crippen LogP contribution is -2.20. The fourth-order valence-electron chi connectivity index (χ4n) is 1.61. The van der Waals surface area contributed by atoms with Gasteiger partial charge >= 0.3 is 5.00 Å². The van der Waals surface area contributed by atoms with E-state index < -0.39 is 11.0 Å². The van der Waals surface area contributed by atoms with Crippen LogP contribution >= 0.6 is 11.3 Å². The van der Waals surface area contributed by atoms with E-state index in [1.54, 1.807) is 29.9 Å². The molecule has 0 fully saturated rings. The van der Waals surface area contributed by atoms with E-state index in [1.807, 2.05) is 0 Å². The number of hydrogen-bond donors (Lipinski definition) is 2. The molecular formula is C12H13N3O3S. The number of thiophene rings is 1. The molecule has 0 amide bonds. The van der Waals surface area contributed by atoms with Crippen LogP contribution < -0.4 is 5.32 Å². The van der Waals surface area contributed by atoms with E-state index in [1.165, 1.54) is 6.07 Å². The van der Waals surface area contributed by atoms with Crippen molar-refractivity contribution in [3.05, 3.63) is 57.2 Å². The number of nitrogens with zero attached hydrogens (tertiary/aromatic N) is 2. The van der Waals surface area contributed by atoms with Crippen molar-refractivity contribution in [3.63, 3.8) is 0 Å². The monoisotopic (exact) mass is 279 g/mol. The van der Waals surface area contributed by atoms with Gasteiger partial charge < -0.3 is 10.4 Å². The van der Waals surface area contributed by atoms with Crippen LogP contribution in [0.3, 0.4) is 0 Å². The van der Waals surface area contributed by atoms with Crippen LogP contribution in [0.1, 0.15) is 17.2 Å². The molecule has 100 valence electrons. The largest absolute Gasteiger partial charge is 0.387 e. The third kappa shape index (κ3) is 3.82. The highest BCUT2D eigenvalue weighted by molar-refractivity contribution is 7.13. The summed E-state index contributed by atoms with van der Waals surface area (Å²) < 4.78 is 0. The number of nitro groups is 1. The van der Waals surface area contributed by atoms with Crippen LogP contribution in [-0.4, -0.2) is 21.6 Å². The highest BCUT2D eigenvalue weighted by Gasteiger charge is 2.10. The Balaban J connectivity index is 1.81. The molecule has 0 aliphatic heterocycles. The first-order valence-electron chi connectivity index (χ1n) is 5.67. The van der Waals surface area contributed by atoms with Gasteiger partial charge in [0.05, 0.1) is 11.0 Å². The van der Waals surface area contributed by atoms with Crippen molar-refractivity contribution >= 4 is 16.3 Å². The first-order valence-corrected chi connectivity index (χ1v) is 6.55. The predicted molar refractivity (Wildman–Crippen MR) is 71.9 cm³/mol. The molecule has 0 radical (unpaired) electrons. The lowest BCUT2D eigenvalue weighted by molar-refractivity contribution is -0.380. The maximum Gasteiger partial charge on any atom is 0.324 e. The Morgan fingerprint density at radius 1 is 1.47 bits per heavy atom. The average molecular weight is 279 g/mol. The average Bonchev–Trinajstić information content (AvgIpc) is 2.89. The van der Waals surface area contributed by atoms with Crippen LogP contribution in [0.15, 0.2) is 36.0 Å². The Morgan fingerprint density at radius 2 is 2.21 bits per heavy atom. The van der Waals surface area contributed by atoms with Crippen molar-refractivity contribution in [1.29, 1.82) is 0 Å². The molecule has 2 N–H and O–H groups in total. The summed E-state index contributed by atoms with van der Waals surface area (Å²) in [5.41, 5.74) is 1.64. The highest BCUT2D eigenvalue weighted by Crippen LogP contribution is 2.22. The van der Waals surface area contributed by atoms with Crippen LogP contribution in [0.4, 0.5) is 5.00 Å². The van der Waals surface area contributed by atoms with Crippen LogP contribution in [0.25, 0.3) is 0 Å². The summed E-state index contributed by atoms with van der Waals surface area (Å²) in [6.45, 7) is 0.875. The summed E-state index contributed by atoms with van der Waals surface area (Å²) in [6.07, 6.45) is 2.64. The fraction of sp³-hybridized carbons (Fsp3) is 0.250. The number of pyridine rings is 1. The molecule has 2 heterocycles. The zero-order valence-corrected chi connectivity index (χ0v) is 10.8. The molecule has 0 aliphatic rings. The molecule has 0 bridgehead atoms. The van der Waals surface area contributed by atoms with E-state index in [0.717, 1.165) is 22.5 Å². The molecule has 0 saturated heterocycles. The van der Waals surface area contributed by atoms with Crippen molar-refractivity contribution in [2.24, 2.45) is 0 Å². The zero-order valence-electron chi connectivity index (χ0n) is 10.0. The van der Waals surface area contributed by atoms with E-state index in [2.05, 4.69) is 10.3 Å². The normalized spacial score (nSPS) is 12.3. The number of aliphatic hydroxyl groups is 1. The summed E-state index contributed by atoms with van der Waals surface area (Å²) in [5, 5.41) is 25.4. The third-order valence-electron chi connectivity index (χ3n) is 2.58. The Hall–Kier alpha value is -1.83. The van der Waals surface area contributed by atoms with E-state index in [-0.39, 0.29) is 5.00 Å². The number of rotatable bonds is 6. The van der Waals surface area contributed by atoms with Crippen molar-refractivity contribution in [2.45, 2.75) is 12.6 Å². The van der Waals surface area contributed by atoms with Gasteiger partial charge in [-0.15, -0.1) is 0 Å². The molecule has 2 rings (SSSR count). The molecular weight excluding hydrogens is 266 g/mol. The maximum absolute atomic E-state index is 10.5. The molecule has 1 atom stereocenters. The number of aromatic nitrogens is 1. The number of hydrogen-bond acceptors (Lipinski definition) is 6. The van der Waals surface area contributed by atoms with Crippen molar-refractivity contribution in [3.8, 4) is 0 Å². The molecule has 2 aromatic heterocycles. The van der Waals surface area contributed by atoms with Gasteiger partial charge in [0.25, 0.3) is 0 Å². The van der Waals surface area contributed by atoms with E-state index in [0.29, 0.717) is 13.1 Å². The maximum atomic E-state index is 10.5. The van der Waals surface area contributed by atoms with E-state index in [4.69, 9.17) is 0 Å². The van der Waals surface area contributed by atoms with Crippen LogP contribution in [0.2, 0.25) is 0 Å². The molecule has 0 aliphatic carbocycles. The van der Waals surface area contributed by atoms with Gasteiger partial charge in [-0.25, -0.2) is 0 Å². The standard InChI is InChI=1S/C12H13N3O3S/c16-11(10-1-3-13-4-2-10)7-14-6-9-5-12(15(17)18)19-8-9/h1-5,8,11,14,16H,6-7H2. The molecule has 0 spiro atoms. The van der Waals surface area contributed by atoms with Gasteiger partial charge in [-0.3, -0.25) is 15.1 Å². The first-order chi connectivity index (χ1) is 9.16. The minimum Gasteiger partial charge on any atom is -0.387 e. The molecule has 0 aromatic carbocycles. The molecule has 7 heteroatoms. The Bertz CT molecular complexity index is 544. The minimum absolute atomic E-state index is 0.131. The predicted octanol–water partition coefficient (Wildman–Crippen LogP) is 1.87. The molecule has 6 nitrogen and oxygen atoms in total. The quantitative estimate of drug-likeness (QED) is 0.622. The second-order valence-electron chi connectivity index (χ2n) is 3.98. The summed E-state index contributed by atoms with van der Waals surface area (Å²) in [4.78, 5) is 14.0. The van der Waals surface area contributed by atoms with Gasteiger partial charge in [0.2, 0.25) is 0 Å². The Morgan fingerprint density at radius 3 is 2.84 bits per heavy atom. The van der Waals surface area contributed by atoms with Gasteiger partial charge in [0, 0.05) is 36.9 Å². The van der Waals surface area contributed by atoms with Crippen molar-refractivity contribution < 1.29 is 10.0 Å². The van der Waals surface area contributed by atoms with Gasteiger partial charge in [-0.1, -0.05) is 11.3 Å². The highest BCUT2D eigenvalue weighted by atomic mass is 32.1. The summed E-state index contributed by atoms with van der Waals surface area (Å²) in [7, 11) is 0. The molecule has 19 heavy (non-hydrogen) atoms. The summed E-state index contributed by atoms with van der Waals surface area (Å²) in [5.74, 6) is 0. The SMILES string of the molecule is O=[N+]([O-])c1cc(CNCC(O)c2ccncc2)cs1. The molecule has 1 unspecified atom stereocenters. The second kappa shape index (κ2) is 6.37. The van der Waals surface area contributed by atoms with E-state index >= 15 is 0 Å². The van der Waals surface area contributed by atoms with Crippen molar-refractivity contribution in [2.75, 3.05) is 6.54 Å². The first kappa shape index (κ1) is 13.6. The summed E-state index contributed by atoms with van der Waals surface area (Å²) in [6, 6.07) is 5.04.